The highest BCUT2D eigenvalue weighted by molar-refractivity contribution is 6.31. The van der Waals surface area contributed by atoms with E-state index >= 15 is 0 Å². The van der Waals surface area contributed by atoms with Gasteiger partial charge in [0.15, 0.2) is 13.2 Å². The summed E-state index contributed by atoms with van der Waals surface area (Å²) in [4.78, 5) is 75.9. The molecule has 13 heteroatoms. The largest absolute Gasteiger partial charge is 0.454 e. The third-order valence-corrected chi connectivity index (χ3v) is 6.25. The maximum atomic E-state index is 13.0. The van der Waals surface area contributed by atoms with Gasteiger partial charge in [0, 0.05) is 21.4 Å². The molecule has 0 unspecified atom stereocenters. The lowest BCUT2D eigenvalue weighted by atomic mass is 10.1. The molecule has 0 radical (unpaired) electrons. The molecular formula is C28H21Cl2N3O8. The molecule has 1 aliphatic heterocycles. The van der Waals surface area contributed by atoms with Crippen molar-refractivity contribution in [1.82, 2.24) is 4.90 Å². The fraction of sp³-hybridized carbons (Fsp3) is 0.143. The van der Waals surface area contributed by atoms with Crippen LogP contribution in [-0.4, -0.2) is 59.7 Å². The Bertz CT molecular complexity index is 1580. The molecule has 210 valence electrons. The van der Waals surface area contributed by atoms with Crippen molar-refractivity contribution in [3.8, 4) is 0 Å². The molecular weight excluding hydrogens is 577 g/mol. The highest BCUT2D eigenvalue weighted by Gasteiger charge is 2.42. The second kappa shape index (κ2) is 12.6. The van der Waals surface area contributed by atoms with Crippen molar-refractivity contribution in [3.05, 3.63) is 93.5 Å². The Hall–Kier alpha value is -4.74. The average molecular weight is 598 g/mol. The van der Waals surface area contributed by atoms with Gasteiger partial charge in [0.2, 0.25) is 0 Å². The molecule has 3 aromatic rings. The number of hydrogen-bond donors (Lipinski definition) is 2. The zero-order chi connectivity index (χ0) is 29.7. The summed E-state index contributed by atoms with van der Waals surface area (Å²) in [6.45, 7) is -0.0124. The SMILES string of the molecule is C[C@@H](C(=O)OCC(=O)Nc1cccc(Cl)c1)N1C(=O)c2ccc(C(=O)OCC(=O)Nc3cccc(Cl)c3)cc2C1=O. The van der Waals surface area contributed by atoms with Gasteiger partial charge in [-0.3, -0.25) is 24.1 Å². The minimum Gasteiger partial charge on any atom is -0.454 e. The Balaban J connectivity index is 1.33. The number of hydrogen-bond acceptors (Lipinski definition) is 8. The monoisotopic (exact) mass is 597 g/mol. The van der Waals surface area contributed by atoms with Crippen molar-refractivity contribution in [1.29, 1.82) is 0 Å². The lowest BCUT2D eigenvalue weighted by Crippen LogP contribution is -2.44. The summed E-state index contributed by atoms with van der Waals surface area (Å²) in [5.41, 5.74) is 0.544. The van der Waals surface area contributed by atoms with Crippen molar-refractivity contribution in [2.45, 2.75) is 13.0 Å². The number of rotatable bonds is 9. The summed E-state index contributed by atoms with van der Waals surface area (Å²) in [6.07, 6.45) is 0. The summed E-state index contributed by atoms with van der Waals surface area (Å²) < 4.78 is 10.0. The van der Waals surface area contributed by atoms with E-state index in [2.05, 4.69) is 10.6 Å². The number of nitrogens with zero attached hydrogens (tertiary/aromatic N) is 1. The third kappa shape index (κ3) is 7.07. The van der Waals surface area contributed by atoms with Crippen molar-refractivity contribution in [3.63, 3.8) is 0 Å². The number of anilines is 2. The van der Waals surface area contributed by atoms with Gasteiger partial charge in [0.25, 0.3) is 23.6 Å². The van der Waals surface area contributed by atoms with Crippen LogP contribution >= 0.6 is 23.2 Å². The van der Waals surface area contributed by atoms with Crippen LogP contribution in [0.4, 0.5) is 11.4 Å². The first kappa shape index (κ1) is 29.2. The van der Waals surface area contributed by atoms with E-state index in [1.807, 2.05) is 0 Å². The zero-order valence-corrected chi connectivity index (χ0v) is 22.8. The molecule has 0 aromatic heterocycles. The van der Waals surface area contributed by atoms with Crippen molar-refractivity contribution < 1.29 is 38.2 Å². The normalized spacial score (nSPS) is 12.8. The number of esters is 2. The van der Waals surface area contributed by atoms with Crippen LogP contribution in [0.15, 0.2) is 66.7 Å². The molecule has 4 amide bonds. The van der Waals surface area contributed by atoms with Crippen LogP contribution < -0.4 is 10.6 Å². The second-order valence-corrected chi connectivity index (χ2v) is 9.59. The number of carbonyl (C=O) groups is 6. The summed E-state index contributed by atoms with van der Waals surface area (Å²) in [5.74, 6) is -4.80. The van der Waals surface area contributed by atoms with Crippen LogP contribution in [0.2, 0.25) is 10.0 Å². The number of halogens is 2. The zero-order valence-electron chi connectivity index (χ0n) is 21.3. The number of imide groups is 1. The third-order valence-electron chi connectivity index (χ3n) is 5.78. The van der Waals surface area contributed by atoms with Crippen LogP contribution in [0, 0.1) is 0 Å². The molecule has 1 aliphatic rings. The lowest BCUT2D eigenvalue weighted by Gasteiger charge is -2.20. The molecule has 11 nitrogen and oxygen atoms in total. The van der Waals surface area contributed by atoms with Crippen LogP contribution in [-0.2, 0) is 23.9 Å². The Labute approximate surface area is 243 Å². The molecule has 1 heterocycles. The molecule has 0 saturated carbocycles. The van der Waals surface area contributed by atoms with Crippen molar-refractivity contribution in [2.75, 3.05) is 23.8 Å². The molecule has 41 heavy (non-hydrogen) atoms. The van der Waals surface area contributed by atoms with E-state index < -0.39 is 54.8 Å². The van der Waals surface area contributed by atoms with Gasteiger partial charge in [-0.15, -0.1) is 0 Å². The number of ether oxygens (including phenoxy) is 2. The van der Waals surface area contributed by atoms with Gasteiger partial charge in [0.1, 0.15) is 6.04 Å². The predicted octanol–water partition coefficient (Wildman–Crippen LogP) is 3.96. The molecule has 4 rings (SSSR count). The number of amides is 4. The van der Waals surface area contributed by atoms with Gasteiger partial charge < -0.3 is 20.1 Å². The van der Waals surface area contributed by atoms with Crippen LogP contribution in [0.5, 0.6) is 0 Å². The fourth-order valence-electron chi connectivity index (χ4n) is 3.84. The van der Waals surface area contributed by atoms with Gasteiger partial charge in [-0.05, 0) is 61.5 Å². The summed E-state index contributed by atoms with van der Waals surface area (Å²) in [6, 6.07) is 15.0. The first-order chi connectivity index (χ1) is 19.5. The standard InChI is InChI=1S/C28H21Cl2N3O8/c1-15(27(38)40-13-23(34)31-19-6-2-4-17(29)11-19)33-25(36)21-9-8-16(10-22(21)26(33)37)28(39)41-14-24(35)32-20-7-3-5-18(30)12-20/h2-12,15H,13-14H2,1H3,(H,31,34)(H,32,35)/t15-/m0/s1. The van der Waals surface area contributed by atoms with Crippen LogP contribution in [0.3, 0.4) is 0 Å². The quantitative estimate of drug-likeness (QED) is 0.278. The van der Waals surface area contributed by atoms with Gasteiger partial charge in [0.05, 0.1) is 16.7 Å². The van der Waals surface area contributed by atoms with E-state index in [0.717, 1.165) is 6.07 Å². The highest BCUT2D eigenvalue weighted by Crippen LogP contribution is 2.27. The smallest absolute Gasteiger partial charge is 0.338 e. The highest BCUT2D eigenvalue weighted by atomic mass is 35.5. The van der Waals surface area contributed by atoms with Crippen molar-refractivity contribution >= 4 is 70.1 Å². The van der Waals surface area contributed by atoms with Crippen LogP contribution in [0.25, 0.3) is 0 Å². The van der Waals surface area contributed by atoms with Crippen molar-refractivity contribution in [2.24, 2.45) is 0 Å². The molecule has 3 aromatic carbocycles. The number of nitrogens with one attached hydrogen (secondary N) is 2. The first-order valence-corrected chi connectivity index (χ1v) is 12.8. The van der Waals surface area contributed by atoms with Gasteiger partial charge in [-0.25, -0.2) is 9.59 Å². The Morgan fingerprint density at radius 3 is 1.85 bits per heavy atom. The van der Waals surface area contributed by atoms with Gasteiger partial charge in [-0.1, -0.05) is 35.3 Å². The molecule has 1 atom stereocenters. The van der Waals surface area contributed by atoms with E-state index in [4.69, 9.17) is 32.7 Å². The Morgan fingerprint density at radius 2 is 1.29 bits per heavy atom. The molecule has 0 bridgehead atoms. The molecule has 0 aliphatic carbocycles. The van der Waals surface area contributed by atoms with Gasteiger partial charge >= 0.3 is 11.9 Å². The minimum atomic E-state index is -1.37. The van der Waals surface area contributed by atoms with Gasteiger partial charge in [-0.2, -0.15) is 0 Å². The molecule has 0 saturated heterocycles. The molecule has 0 fully saturated rings. The maximum absolute atomic E-state index is 13.0. The van der Waals surface area contributed by atoms with E-state index in [-0.39, 0.29) is 16.7 Å². The minimum absolute atomic E-state index is 0.0383. The summed E-state index contributed by atoms with van der Waals surface area (Å²) >= 11 is 11.7. The first-order valence-electron chi connectivity index (χ1n) is 12.0. The number of benzene rings is 3. The number of fused-ring (bicyclic) bond motifs is 1. The summed E-state index contributed by atoms with van der Waals surface area (Å²) in [7, 11) is 0. The van der Waals surface area contributed by atoms with E-state index in [0.29, 0.717) is 26.3 Å². The lowest BCUT2D eigenvalue weighted by molar-refractivity contribution is -0.150. The van der Waals surface area contributed by atoms with E-state index in [1.165, 1.54) is 31.2 Å². The second-order valence-electron chi connectivity index (χ2n) is 8.72. The predicted molar refractivity (Wildman–Crippen MR) is 148 cm³/mol. The van der Waals surface area contributed by atoms with E-state index in [1.54, 1.807) is 36.4 Å². The topological polar surface area (TPSA) is 148 Å². The Morgan fingerprint density at radius 1 is 0.756 bits per heavy atom. The molecule has 0 spiro atoms. The van der Waals surface area contributed by atoms with E-state index in [9.17, 15) is 28.8 Å². The molecule has 2 N–H and O–H groups in total. The number of carbonyl (C=O) groups excluding carboxylic acids is 6. The van der Waals surface area contributed by atoms with Crippen LogP contribution in [0.1, 0.15) is 38.0 Å². The average Bonchev–Trinajstić information content (AvgIpc) is 3.18. The Kier molecular flexibility index (Phi) is 9.00. The summed E-state index contributed by atoms with van der Waals surface area (Å²) in [5, 5.41) is 5.84. The fourth-order valence-corrected chi connectivity index (χ4v) is 4.22. The maximum Gasteiger partial charge on any atom is 0.338 e.